The van der Waals surface area contributed by atoms with Crippen LogP contribution >= 0.6 is 11.3 Å². The predicted molar refractivity (Wildman–Crippen MR) is 112 cm³/mol. The number of amides is 1. The van der Waals surface area contributed by atoms with E-state index in [1.807, 2.05) is 67.6 Å². The monoisotopic (exact) mass is 390 g/mol. The maximum atomic E-state index is 12.9. The molecule has 6 nitrogen and oxygen atoms in total. The van der Waals surface area contributed by atoms with E-state index in [4.69, 9.17) is 0 Å². The molecule has 1 N–H and O–H groups in total. The molecule has 28 heavy (non-hydrogen) atoms. The fourth-order valence-electron chi connectivity index (χ4n) is 2.85. The first-order valence-electron chi connectivity index (χ1n) is 8.85. The summed E-state index contributed by atoms with van der Waals surface area (Å²) in [5, 5.41) is 11.4. The van der Waals surface area contributed by atoms with Gasteiger partial charge in [0.05, 0.1) is 5.39 Å². The van der Waals surface area contributed by atoms with Crippen molar-refractivity contribution in [1.29, 1.82) is 0 Å². The predicted octanol–water partition coefficient (Wildman–Crippen LogP) is 4.03. The Labute approximate surface area is 165 Å². The number of aryl methyl sites for hydroxylation is 1. The van der Waals surface area contributed by atoms with Crippen molar-refractivity contribution in [3.05, 3.63) is 76.6 Å². The number of rotatable bonds is 4. The van der Waals surface area contributed by atoms with Crippen LogP contribution < -0.4 is 10.9 Å². The topological polar surface area (TPSA) is 76.9 Å². The summed E-state index contributed by atoms with van der Waals surface area (Å²) in [4.78, 5) is 27.0. The number of benzene rings is 2. The van der Waals surface area contributed by atoms with Crippen molar-refractivity contribution in [2.45, 2.75) is 19.9 Å². The number of fused-ring (bicyclic) bond motifs is 1. The van der Waals surface area contributed by atoms with Gasteiger partial charge in [-0.25, -0.2) is 0 Å². The van der Waals surface area contributed by atoms with Gasteiger partial charge in [-0.05, 0) is 37.6 Å². The van der Waals surface area contributed by atoms with Gasteiger partial charge in [0.25, 0.3) is 5.56 Å². The Balaban J connectivity index is 1.64. The zero-order valence-electron chi connectivity index (χ0n) is 15.4. The Morgan fingerprint density at radius 2 is 1.82 bits per heavy atom. The van der Waals surface area contributed by atoms with E-state index >= 15 is 0 Å². The van der Waals surface area contributed by atoms with E-state index in [0.29, 0.717) is 15.9 Å². The number of carbonyl (C=O) groups excluding carboxylic acids is 1. The molecule has 0 saturated carbocycles. The van der Waals surface area contributed by atoms with Crippen LogP contribution in [0.3, 0.4) is 0 Å². The third-order valence-corrected chi connectivity index (χ3v) is 5.57. The number of hydrogen-bond acceptors (Lipinski definition) is 5. The van der Waals surface area contributed by atoms with E-state index in [0.717, 1.165) is 20.7 Å². The highest BCUT2D eigenvalue weighted by Gasteiger charge is 2.20. The molecule has 4 rings (SSSR count). The summed E-state index contributed by atoms with van der Waals surface area (Å²) in [5.74, 6) is -0.321. The molecule has 1 atom stereocenters. The summed E-state index contributed by atoms with van der Waals surface area (Å²) in [6.45, 7) is 3.61. The molecule has 0 fully saturated rings. The van der Waals surface area contributed by atoms with Crippen molar-refractivity contribution in [2.24, 2.45) is 0 Å². The van der Waals surface area contributed by atoms with E-state index in [1.165, 1.54) is 11.3 Å². The number of thiophene rings is 1. The van der Waals surface area contributed by atoms with Gasteiger partial charge in [-0.15, -0.1) is 16.4 Å². The quantitative estimate of drug-likeness (QED) is 0.571. The van der Waals surface area contributed by atoms with Crippen LogP contribution in [0.1, 0.15) is 18.5 Å². The Hall–Kier alpha value is -3.32. The smallest absolute Gasteiger partial charge is 0.279 e. The summed E-state index contributed by atoms with van der Waals surface area (Å²) in [6.07, 6.45) is 0. The first kappa shape index (κ1) is 18.1. The number of nitrogens with zero attached hydrogens (tertiary/aromatic N) is 3. The lowest BCUT2D eigenvalue weighted by molar-refractivity contribution is -0.119. The zero-order chi connectivity index (χ0) is 19.7. The van der Waals surface area contributed by atoms with Crippen molar-refractivity contribution in [2.75, 3.05) is 5.32 Å². The van der Waals surface area contributed by atoms with Crippen molar-refractivity contribution in [1.82, 2.24) is 15.0 Å². The Morgan fingerprint density at radius 3 is 2.54 bits per heavy atom. The number of aromatic nitrogens is 3. The zero-order valence-corrected chi connectivity index (χ0v) is 16.2. The number of hydrogen-bond donors (Lipinski definition) is 1. The first-order valence-corrected chi connectivity index (χ1v) is 9.66. The maximum absolute atomic E-state index is 12.9. The average Bonchev–Trinajstić information content (AvgIpc) is 3.15. The van der Waals surface area contributed by atoms with Gasteiger partial charge in [-0.1, -0.05) is 53.2 Å². The van der Waals surface area contributed by atoms with Crippen LogP contribution in [-0.2, 0) is 4.79 Å². The van der Waals surface area contributed by atoms with E-state index < -0.39 is 6.04 Å². The molecule has 0 spiro atoms. The minimum absolute atomic E-state index is 0.321. The summed E-state index contributed by atoms with van der Waals surface area (Å²) in [6, 6.07) is 18.3. The lowest BCUT2D eigenvalue weighted by atomic mass is 10.2. The van der Waals surface area contributed by atoms with Gasteiger partial charge in [0, 0.05) is 10.6 Å². The largest absolute Gasteiger partial charge is 0.324 e. The van der Waals surface area contributed by atoms with Crippen molar-refractivity contribution in [3.8, 4) is 10.4 Å². The fourth-order valence-corrected chi connectivity index (χ4v) is 3.83. The highest BCUT2D eigenvalue weighted by atomic mass is 32.1. The summed E-state index contributed by atoms with van der Waals surface area (Å²) >= 11 is 1.41. The van der Waals surface area contributed by atoms with Gasteiger partial charge in [0.15, 0.2) is 4.83 Å². The van der Waals surface area contributed by atoms with Crippen molar-refractivity contribution >= 4 is 33.1 Å². The van der Waals surface area contributed by atoms with Gasteiger partial charge < -0.3 is 5.32 Å². The van der Waals surface area contributed by atoms with Gasteiger partial charge in [-0.3, -0.25) is 9.59 Å². The van der Waals surface area contributed by atoms with E-state index in [9.17, 15) is 9.59 Å². The Morgan fingerprint density at radius 1 is 1.11 bits per heavy atom. The summed E-state index contributed by atoms with van der Waals surface area (Å²) in [7, 11) is 0. The molecular formula is C21H18N4O2S. The SMILES string of the molecule is Cc1ccc(NC(=O)C(C)n2nnc3sc(-c4ccccc4)cc3c2=O)cc1. The number of carbonyl (C=O) groups is 1. The van der Waals surface area contributed by atoms with Crippen LogP contribution in [-0.4, -0.2) is 20.9 Å². The Kier molecular flexibility index (Phi) is 4.75. The van der Waals surface area contributed by atoms with Crippen LogP contribution in [0.25, 0.3) is 20.7 Å². The van der Waals surface area contributed by atoms with Crippen LogP contribution in [0.4, 0.5) is 5.69 Å². The second kappa shape index (κ2) is 7.36. The van der Waals surface area contributed by atoms with Crippen LogP contribution in [0, 0.1) is 6.92 Å². The lowest BCUT2D eigenvalue weighted by Gasteiger charge is -2.13. The van der Waals surface area contributed by atoms with Gasteiger partial charge in [0.1, 0.15) is 6.04 Å². The van der Waals surface area contributed by atoms with Crippen molar-refractivity contribution < 1.29 is 4.79 Å². The molecule has 2 heterocycles. The van der Waals surface area contributed by atoms with E-state index in [1.54, 1.807) is 6.92 Å². The van der Waals surface area contributed by atoms with Crippen LogP contribution in [0.15, 0.2) is 65.5 Å². The Bertz CT molecular complexity index is 1200. The average molecular weight is 390 g/mol. The van der Waals surface area contributed by atoms with Gasteiger partial charge in [-0.2, -0.15) is 4.68 Å². The van der Waals surface area contributed by atoms with Gasteiger partial charge in [0.2, 0.25) is 5.91 Å². The van der Waals surface area contributed by atoms with E-state index in [2.05, 4.69) is 15.6 Å². The molecule has 2 aromatic heterocycles. The molecule has 0 aliphatic heterocycles. The summed E-state index contributed by atoms with van der Waals surface area (Å²) < 4.78 is 1.13. The molecule has 1 amide bonds. The molecular weight excluding hydrogens is 372 g/mol. The summed E-state index contributed by atoms with van der Waals surface area (Å²) in [5.41, 5.74) is 2.47. The third-order valence-electron chi connectivity index (χ3n) is 4.51. The highest BCUT2D eigenvalue weighted by molar-refractivity contribution is 7.21. The number of nitrogens with one attached hydrogen (secondary N) is 1. The normalized spacial score (nSPS) is 12.1. The molecule has 1 unspecified atom stereocenters. The van der Waals surface area contributed by atoms with Crippen molar-refractivity contribution in [3.63, 3.8) is 0 Å². The standard InChI is InChI=1S/C21H18N4O2S/c1-13-8-10-16(11-9-13)22-19(26)14(2)25-21(27)17-12-18(28-20(17)23-24-25)15-6-4-3-5-7-15/h3-12,14H,1-2H3,(H,22,26). The fraction of sp³-hybridized carbons (Fsp3) is 0.143. The van der Waals surface area contributed by atoms with E-state index in [-0.39, 0.29) is 11.5 Å². The highest BCUT2D eigenvalue weighted by Crippen LogP contribution is 2.30. The molecule has 0 radical (unpaired) electrons. The van der Waals surface area contributed by atoms with Gasteiger partial charge >= 0.3 is 0 Å². The molecule has 0 bridgehead atoms. The minimum Gasteiger partial charge on any atom is -0.324 e. The molecule has 0 aliphatic carbocycles. The third kappa shape index (κ3) is 3.44. The molecule has 4 aromatic rings. The molecule has 2 aromatic carbocycles. The number of anilines is 1. The maximum Gasteiger partial charge on any atom is 0.279 e. The first-order chi connectivity index (χ1) is 13.5. The second-order valence-corrected chi connectivity index (χ2v) is 7.60. The second-order valence-electron chi connectivity index (χ2n) is 6.57. The molecule has 140 valence electrons. The van der Waals surface area contributed by atoms with Crippen LogP contribution in [0.2, 0.25) is 0 Å². The minimum atomic E-state index is -0.786. The molecule has 7 heteroatoms. The molecule has 0 saturated heterocycles. The van der Waals surface area contributed by atoms with Crippen LogP contribution in [0.5, 0.6) is 0 Å². The molecule has 0 aliphatic rings. The lowest BCUT2D eigenvalue weighted by Crippen LogP contribution is -2.33.